The molecular weight excluding hydrogens is 601 g/mol. The predicted octanol–water partition coefficient (Wildman–Crippen LogP) is 11.2. The van der Waals surface area contributed by atoms with Gasteiger partial charge in [0.15, 0.2) is 0 Å². The van der Waals surface area contributed by atoms with Crippen LogP contribution in [0, 0.1) is 0 Å². The quantitative estimate of drug-likeness (QED) is 0.191. The Morgan fingerprint density at radius 3 is 1.31 bits per heavy atom. The van der Waals surface area contributed by atoms with Crippen molar-refractivity contribution in [3.05, 3.63) is 168 Å². The van der Waals surface area contributed by atoms with Crippen molar-refractivity contribution < 1.29 is 4.74 Å². The van der Waals surface area contributed by atoms with Crippen LogP contribution in [0.4, 0.5) is 22.7 Å². The van der Waals surface area contributed by atoms with Crippen molar-refractivity contribution >= 4 is 44.6 Å². The lowest BCUT2D eigenvalue weighted by atomic mass is 10.1. The van der Waals surface area contributed by atoms with E-state index in [9.17, 15) is 0 Å². The maximum atomic E-state index is 6.29. The van der Waals surface area contributed by atoms with Crippen LogP contribution in [0.3, 0.4) is 0 Å². The SMILES string of the molecule is c1ccc2c(c1)Cc1c-2nc2ccccc2c1Nc1ccc(Oc2ccc(Nc3c4c(nc5ccccc35)-c3ccccc3C4)cc2)cc1. The number of rotatable bonds is 6. The summed E-state index contributed by atoms with van der Waals surface area (Å²) in [5.41, 5.74) is 15.9. The average Bonchev–Trinajstić information content (AvgIpc) is 3.71. The molecule has 0 amide bonds. The van der Waals surface area contributed by atoms with E-state index in [4.69, 9.17) is 14.7 Å². The van der Waals surface area contributed by atoms with E-state index in [1.54, 1.807) is 0 Å². The molecular formula is C44H30N4O. The van der Waals surface area contributed by atoms with Crippen LogP contribution < -0.4 is 15.4 Å². The van der Waals surface area contributed by atoms with Gasteiger partial charge in [-0.05, 0) is 71.8 Å². The van der Waals surface area contributed by atoms with Crippen LogP contribution in [0.15, 0.2) is 146 Å². The van der Waals surface area contributed by atoms with E-state index in [1.165, 1.54) is 33.4 Å². The fourth-order valence-corrected chi connectivity index (χ4v) is 7.41. The second kappa shape index (κ2) is 11.1. The molecule has 0 bridgehead atoms. The van der Waals surface area contributed by atoms with Gasteiger partial charge in [0, 0.05) is 57.2 Å². The molecule has 8 aromatic rings. The summed E-state index contributed by atoms with van der Waals surface area (Å²) in [6, 6.07) is 50.2. The van der Waals surface area contributed by atoms with Crippen LogP contribution in [0.5, 0.6) is 11.5 Å². The van der Waals surface area contributed by atoms with Gasteiger partial charge in [-0.2, -0.15) is 0 Å². The lowest BCUT2D eigenvalue weighted by Crippen LogP contribution is -1.99. The number of pyridine rings is 2. The monoisotopic (exact) mass is 630 g/mol. The van der Waals surface area contributed by atoms with E-state index in [0.29, 0.717) is 0 Å². The zero-order valence-corrected chi connectivity index (χ0v) is 26.6. The molecule has 2 heterocycles. The molecule has 2 aliphatic rings. The van der Waals surface area contributed by atoms with Crippen molar-refractivity contribution in [3.63, 3.8) is 0 Å². The summed E-state index contributed by atoms with van der Waals surface area (Å²) in [4.78, 5) is 10.1. The third kappa shape index (κ3) is 4.70. The first-order valence-corrected chi connectivity index (χ1v) is 16.7. The molecule has 0 fully saturated rings. The van der Waals surface area contributed by atoms with Gasteiger partial charge in [0.2, 0.25) is 0 Å². The summed E-state index contributed by atoms with van der Waals surface area (Å²) < 4.78 is 6.29. The maximum Gasteiger partial charge on any atom is 0.127 e. The van der Waals surface area contributed by atoms with Crippen molar-refractivity contribution in [3.8, 4) is 34.0 Å². The normalized spacial score (nSPS) is 12.3. The van der Waals surface area contributed by atoms with E-state index in [2.05, 4.69) is 120 Å². The smallest absolute Gasteiger partial charge is 0.127 e. The van der Waals surface area contributed by atoms with Crippen molar-refractivity contribution in [2.24, 2.45) is 0 Å². The lowest BCUT2D eigenvalue weighted by molar-refractivity contribution is 0.483. The molecule has 0 radical (unpaired) electrons. The summed E-state index contributed by atoms with van der Waals surface area (Å²) in [5.74, 6) is 1.55. The number of fused-ring (bicyclic) bond motifs is 8. The van der Waals surface area contributed by atoms with Gasteiger partial charge in [0.1, 0.15) is 11.5 Å². The molecule has 49 heavy (non-hydrogen) atoms. The maximum absolute atomic E-state index is 6.29. The summed E-state index contributed by atoms with van der Waals surface area (Å²) in [7, 11) is 0. The number of nitrogens with one attached hydrogen (secondary N) is 2. The van der Waals surface area contributed by atoms with Crippen molar-refractivity contribution in [2.75, 3.05) is 10.6 Å². The fourth-order valence-electron chi connectivity index (χ4n) is 7.41. The molecule has 2 aromatic heterocycles. The summed E-state index contributed by atoms with van der Waals surface area (Å²) in [6.07, 6.45) is 1.73. The zero-order valence-electron chi connectivity index (χ0n) is 26.6. The minimum atomic E-state index is 0.777. The van der Waals surface area contributed by atoms with Gasteiger partial charge in [0.25, 0.3) is 0 Å². The van der Waals surface area contributed by atoms with Gasteiger partial charge >= 0.3 is 0 Å². The number of aromatic nitrogens is 2. The Morgan fingerprint density at radius 1 is 0.429 bits per heavy atom. The first kappa shape index (κ1) is 27.6. The molecule has 0 saturated carbocycles. The average molecular weight is 631 g/mol. The Bertz CT molecular complexity index is 2390. The van der Waals surface area contributed by atoms with E-state index >= 15 is 0 Å². The van der Waals surface area contributed by atoms with Crippen LogP contribution in [0.1, 0.15) is 22.3 Å². The van der Waals surface area contributed by atoms with Crippen molar-refractivity contribution in [1.29, 1.82) is 0 Å². The number of nitrogens with zero attached hydrogens (tertiary/aromatic N) is 2. The number of hydrogen-bond donors (Lipinski definition) is 2. The Morgan fingerprint density at radius 2 is 0.837 bits per heavy atom. The second-order valence-electron chi connectivity index (χ2n) is 12.7. The van der Waals surface area contributed by atoms with Gasteiger partial charge in [-0.15, -0.1) is 0 Å². The van der Waals surface area contributed by atoms with Crippen molar-refractivity contribution in [2.45, 2.75) is 12.8 Å². The predicted molar refractivity (Wildman–Crippen MR) is 199 cm³/mol. The molecule has 2 N–H and O–H groups in total. The summed E-state index contributed by atoms with van der Waals surface area (Å²) >= 11 is 0. The number of ether oxygens (including phenoxy) is 1. The topological polar surface area (TPSA) is 59.1 Å². The van der Waals surface area contributed by atoms with Crippen LogP contribution in [0.25, 0.3) is 44.3 Å². The molecule has 6 aromatic carbocycles. The molecule has 0 atom stereocenters. The highest BCUT2D eigenvalue weighted by Gasteiger charge is 2.26. The van der Waals surface area contributed by atoms with Crippen LogP contribution in [-0.2, 0) is 12.8 Å². The first-order chi connectivity index (χ1) is 24.2. The molecule has 0 unspecified atom stereocenters. The number of hydrogen-bond acceptors (Lipinski definition) is 5. The Balaban J connectivity index is 0.893. The van der Waals surface area contributed by atoms with Crippen LogP contribution >= 0.6 is 0 Å². The molecule has 5 nitrogen and oxygen atoms in total. The molecule has 0 spiro atoms. The van der Waals surface area contributed by atoms with Crippen LogP contribution in [0.2, 0.25) is 0 Å². The summed E-state index contributed by atoms with van der Waals surface area (Å²) in [6.45, 7) is 0. The number of para-hydroxylation sites is 2. The second-order valence-corrected chi connectivity index (χ2v) is 12.7. The summed E-state index contributed by atoms with van der Waals surface area (Å²) in [5, 5.41) is 9.71. The minimum Gasteiger partial charge on any atom is -0.457 e. The Kier molecular flexibility index (Phi) is 6.24. The number of anilines is 4. The van der Waals surface area contributed by atoms with Gasteiger partial charge in [-0.3, -0.25) is 0 Å². The molecule has 10 rings (SSSR count). The standard InChI is InChI=1S/C44H30N4O/c1-3-11-33-27(9-1)25-37-41(33)47-39-15-7-5-13-35(39)43(37)45-29-17-21-31(22-18-29)49-32-23-19-30(20-24-32)46-44-36-14-6-8-16-40(36)48-42-34-12-4-2-10-28(34)26-38(42)44/h1-24H,25-26H2,(H,45,47)(H,46,48). The van der Waals surface area contributed by atoms with Gasteiger partial charge in [-0.1, -0.05) is 84.9 Å². The van der Waals surface area contributed by atoms with E-state index in [1.807, 2.05) is 36.4 Å². The molecule has 2 aliphatic carbocycles. The van der Waals surface area contributed by atoms with Crippen LogP contribution in [-0.4, -0.2) is 9.97 Å². The highest BCUT2D eigenvalue weighted by Crippen LogP contribution is 2.45. The van der Waals surface area contributed by atoms with E-state index in [-0.39, 0.29) is 0 Å². The van der Waals surface area contributed by atoms with E-state index in [0.717, 1.165) is 80.3 Å². The largest absolute Gasteiger partial charge is 0.457 e. The number of benzene rings is 6. The fraction of sp³-hybridized carbons (Fsp3) is 0.0455. The Labute approximate surface area is 283 Å². The minimum absolute atomic E-state index is 0.777. The molecule has 5 heteroatoms. The van der Waals surface area contributed by atoms with Gasteiger partial charge in [0.05, 0.1) is 33.8 Å². The highest BCUT2D eigenvalue weighted by molar-refractivity contribution is 6.01. The molecule has 0 aliphatic heterocycles. The Hall–Kier alpha value is -6.46. The van der Waals surface area contributed by atoms with E-state index < -0.39 is 0 Å². The van der Waals surface area contributed by atoms with Crippen molar-refractivity contribution in [1.82, 2.24) is 9.97 Å². The molecule has 232 valence electrons. The third-order valence-corrected chi connectivity index (χ3v) is 9.75. The highest BCUT2D eigenvalue weighted by atomic mass is 16.5. The third-order valence-electron chi connectivity index (χ3n) is 9.75. The van der Waals surface area contributed by atoms with Gasteiger partial charge in [-0.25, -0.2) is 9.97 Å². The lowest BCUT2D eigenvalue weighted by Gasteiger charge is -2.16. The first-order valence-electron chi connectivity index (χ1n) is 16.7. The zero-order chi connectivity index (χ0) is 32.3. The van der Waals surface area contributed by atoms with Gasteiger partial charge < -0.3 is 15.4 Å². The molecule has 0 saturated heterocycles.